The highest BCUT2D eigenvalue weighted by atomic mass is 32.2. The summed E-state index contributed by atoms with van der Waals surface area (Å²) in [6.07, 6.45) is -0.128. The summed E-state index contributed by atoms with van der Waals surface area (Å²) < 4.78 is 34.9. The topological polar surface area (TPSA) is 78.6 Å². The summed E-state index contributed by atoms with van der Waals surface area (Å²) >= 11 is 4.83. The van der Waals surface area contributed by atoms with Gasteiger partial charge in [0.15, 0.2) is 9.84 Å². The zero-order valence-corrected chi connectivity index (χ0v) is 13.9. The Balaban J connectivity index is 2.55. The SMILES string of the molecule is CCOCC(C)OCCS(=O)(=O)c1ccc(C(N)=S)cc1. The number of nitrogens with two attached hydrogens (primary N) is 1. The number of sulfone groups is 1. The molecule has 5 nitrogen and oxygen atoms in total. The van der Waals surface area contributed by atoms with Crippen LogP contribution < -0.4 is 5.73 Å². The standard InChI is InChI=1S/C14H21NO4S2/c1-3-18-10-11(2)19-8-9-21(16,17)13-6-4-12(5-7-13)14(15)20/h4-7,11H,3,8-10H2,1-2H3,(H2,15,20). The molecule has 7 heteroatoms. The third-order valence-corrected chi connectivity index (χ3v) is 4.74. The van der Waals surface area contributed by atoms with Gasteiger partial charge in [0.1, 0.15) is 4.99 Å². The second kappa shape index (κ2) is 8.43. The van der Waals surface area contributed by atoms with Gasteiger partial charge >= 0.3 is 0 Å². The summed E-state index contributed by atoms with van der Waals surface area (Å²) in [6, 6.07) is 6.22. The van der Waals surface area contributed by atoms with Crippen LogP contribution in [0.25, 0.3) is 0 Å². The Morgan fingerprint density at radius 3 is 2.48 bits per heavy atom. The van der Waals surface area contributed by atoms with Gasteiger partial charge in [-0.1, -0.05) is 24.4 Å². The molecule has 0 saturated carbocycles. The van der Waals surface area contributed by atoms with Gasteiger partial charge in [0.25, 0.3) is 0 Å². The number of ether oxygens (including phenoxy) is 2. The van der Waals surface area contributed by atoms with Crippen LogP contribution in [0.3, 0.4) is 0 Å². The van der Waals surface area contributed by atoms with E-state index in [-0.39, 0.29) is 28.3 Å². The maximum atomic E-state index is 12.1. The Morgan fingerprint density at radius 2 is 1.95 bits per heavy atom. The molecule has 0 aliphatic carbocycles. The van der Waals surface area contributed by atoms with Crippen LogP contribution in [0.4, 0.5) is 0 Å². The molecule has 0 heterocycles. The van der Waals surface area contributed by atoms with Crippen molar-refractivity contribution in [3.05, 3.63) is 29.8 Å². The van der Waals surface area contributed by atoms with Crippen molar-refractivity contribution in [1.29, 1.82) is 0 Å². The smallest absolute Gasteiger partial charge is 0.180 e. The molecular formula is C14H21NO4S2. The molecule has 0 fully saturated rings. The van der Waals surface area contributed by atoms with Crippen molar-refractivity contribution in [2.45, 2.75) is 24.8 Å². The highest BCUT2D eigenvalue weighted by Crippen LogP contribution is 2.13. The van der Waals surface area contributed by atoms with Crippen LogP contribution in [0, 0.1) is 0 Å². The van der Waals surface area contributed by atoms with E-state index in [0.29, 0.717) is 18.8 Å². The van der Waals surface area contributed by atoms with Crippen molar-refractivity contribution >= 4 is 27.0 Å². The molecule has 0 saturated heterocycles. The molecule has 0 aromatic heterocycles. The van der Waals surface area contributed by atoms with Gasteiger partial charge in [-0.05, 0) is 26.0 Å². The molecule has 0 aliphatic rings. The van der Waals surface area contributed by atoms with Crippen molar-refractivity contribution in [2.24, 2.45) is 5.73 Å². The minimum absolute atomic E-state index is 0.0735. The first kappa shape index (κ1) is 18.0. The van der Waals surface area contributed by atoms with Gasteiger partial charge in [-0.15, -0.1) is 0 Å². The second-order valence-corrected chi connectivity index (χ2v) is 7.10. The molecule has 1 atom stereocenters. The zero-order valence-electron chi connectivity index (χ0n) is 12.2. The predicted octanol–water partition coefficient (Wildman–Crippen LogP) is 1.54. The van der Waals surface area contributed by atoms with Crippen LogP contribution in [0.5, 0.6) is 0 Å². The minimum atomic E-state index is -3.37. The number of thiocarbonyl (C=S) groups is 1. The molecule has 0 bridgehead atoms. The average Bonchev–Trinajstić information content (AvgIpc) is 2.45. The lowest BCUT2D eigenvalue weighted by molar-refractivity contribution is 0.00288. The van der Waals surface area contributed by atoms with Crippen LogP contribution in [-0.4, -0.2) is 45.1 Å². The lowest BCUT2D eigenvalue weighted by Gasteiger charge is -2.13. The fraction of sp³-hybridized carbons (Fsp3) is 0.500. The van der Waals surface area contributed by atoms with Crippen molar-refractivity contribution in [3.8, 4) is 0 Å². The number of benzene rings is 1. The number of hydrogen-bond acceptors (Lipinski definition) is 5. The van der Waals surface area contributed by atoms with Gasteiger partial charge < -0.3 is 15.2 Å². The fourth-order valence-electron chi connectivity index (χ4n) is 1.64. The average molecular weight is 331 g/mol. The van der Waals surface area contributed by atoms with E-state index in [1.807, 2.05) is 13.8 Å². The van der Waals surface area contributed by atoms with Crippen LogP contribution in [0.15, 0.2) is 29.2 Å². The molecule has 1 unspecified atom stereocenters. The molecule has 0 radical (unpaired) electrons. The summed E-state index contributed by atoms with van der Waals surface area (Å²) in [6.45, 7) is 4.95. The first-order valence-electron chi connectivity index (χ1n) is 6.68. The van der Waals surface area contributed by atoms with E-state index in [2.05, 4.69) is 0 Å². The second-order valence-electron chi connectivity index (χ2n) is 4.55. The van der Waals surface area contributed by atoms with Gasteiger partial charge in [0, 0.05) is 12.2 Å². The third kappa shape index (κ3) is 6.09. The molecule has 2 N–H and O–H groups in total. The Labute approximate surface area is 131 Å². The monoisotopic (exact) mass is 331 g/mol. The lowest BCUT2D eigenvalue weighted by Crippen LogP contribution is -2.21. The molecule has 21 heavy (non-hydrogen) atoms. The van der Waals surface area contributed by atoms with Gasteiger partial charge in [-0.3, -0.25) is 0 Å². The zero-order chi connectivity index (χ0) is 15.9. The van der Waals surface area contributed by atoms with E-state index in [9.17, 15) is 8.42 Å². The van der Waals surface area contributed by atoms with Crippen LogP contribution in [0.2, 0.25) is 0 Å². The quantitative estimate of drug-likeness (QED) is 0.692. The summed E-state index contributed by atoms with van der Waals surface area (Å²) in [7, 11) is -3.37. The minimum Gasteiger partial charge on any atom is -0.389 e. The van der Waals surface area contributed by atoms with E-state index in [4.69, 9.17) is 27.4 Å². The molecule has 0 amide bonds. The van der Waals surface area contributed by atoms with E-state index >= 15 is 0 Å². The first-order valence-corrected chi connectivity index (χ1v) is 8.75. The summed E-state index contributed by atoms with van der Waals surface area (Å²) in [4.78, 5) is 0.482. The Bertz CT molecular complexity index is 555. The predicted molar refractivity (Wildman–Crippen MR) is 86.3 cm³/mol. The Morgan fingerprint density at radius 1 is 1.33 bits per heavy atom. The van der Waals surface area contributed by atoms with Crippen molar-refractivity contribution in [2.75, 3.05) is 25.6 Å². The van der Waals surface area contributed by atoms with E-state index in [1.165, 1.54) is 12.1 Å². The van der Waals surface area contributed by atoms with Gasteiger partial charge in [0.05, 0.1) is 30.0 Å². The van der Waals surface area contributed by atoms with Gasteiger partial charge in [-0.25, -0.2) is 8.42 Å². The fourth-order valence-corrected chi connectivity index (χ4v) is 2.87. The van der Waals surface area contributed by atoms with Crippen LogP contribution >= 0.6 is 12.2 Å². The molecular weight excluding hydrogens is 310 g/mol. The molecule has 1 rings (SSSR count). The molecule has 1 aromatic rings. The third-order valence-electron chi connectivity index (χ3n) is 2.81. The normalized spacial score (nSPS) is 13.0. The summed E-state index contributed by atoms with van der Waals surface area (Å²) in [5.41, 5.74) is 6.12. The highest BCUT2D eigenvalue weighted by molar-refractivity contribution is 7.91. The number of rotatable bonds is 9. The van der Waals surface area contributed by atoms with Crippen LogP contribution in [0.1, 0.15) is 19.4 Å². The maximum Gasteiger partial charge on any atom is 0.180 e. The summed E-state index contributed by atoms with van der Waals surface area (Å²) in [5, 5.41) is 0. The highest BCUT2D eigenvalue weighted by Gasteiger charge is 2.15. The van der Waals surface area contributed by atoms with Gasteiger partial charge in [0.2, 0.25) is 0 Å². The molecule has 0 aliphatic heterocycles. The first-order chi connectivity index (χ1) is 9.86. The molecule has 118 valence electrons. The molecule has 0 spiro atoms. The lowest BCUT2D eigenvalue weighted by atomic mass is 10.2. The van der Waals surface area contributed by atoms with Gasteiger partial charge in [-0.2, -0.15) is 0 Å². The Hall–Kier alpha value is -1.02. The van der Waals surface area contributed by atoms with Crippen molar-refractivity contribution in [3.63, 3.8) is 0 Å². The van der Waals surface area contributed by atoms with E-state index in [0.717, 1.165) is 0 Å². The van der Waals surface area contributed by atoms with E-state index < -0.39 is 9.84 Å². The van der Waals surface area contributed by atoms with E-state index in [1.54, 1.807) is 12.1 Å². The van der Waals surface area contributed by atoms with Crippen molar-refractivity contribution in [1.82, 2.24) is 0 Å². The summed E-state index contributed by atoms with van der Waals surface area (Å²) in [5.74, 6) is -0.0735. The van der Waals surface area contributed by atoms with Crippen LogP contribution in [-0.2, 0) is 19.3 Å². The number of hydrogen-bond donors (Lipinski definition) is 1. The maximum absolute atomic E-state index is 12.1. The largest absolute Gasteiger partial charge is 0.389 e. The molecule has 1 aromatic carbocycles. The Kier molecular flexibility index (Phi) is 7.24. The van der Waals surface area contributed by atoms with Crippen molar-refractivity contribution < 1.29 is 17.9 Å².